The van der Waals surface area contributed by atoms with E-state index in [9.17, 15) is 24.0 Å². The first kappa shape index (κ1) is 23.9. The Morgan fingerprint density at radius 3 is 1.90 bits per heavy atom. The van der Waals surface area contributed by atoms with Crippen LogP contribution in [0.25, 0.3) is 0 Å². The Balaban J connectivity index is 2.41. The predicted molar refractivity (Wildman–Crippen MR) is 96.1 cm³/mol. The monoisotopic (exact) mass is 442 g/mol. The maximum Gasteiger partial charge on any atom is 0.376 e. The van der Waals surface area contributed by atoms with Gasteiger partial charge in [-0.2, -0.15) is 0 Å². The minimum Gasteiger partial charge on any atom is -0.463 e. The third-order valence-electron chi connectivity index (χ3n) is 3.89. The van der Waals surface area contributed by atoms with Crippen LogP contribution in [0.15, 0.2) is 22.8 Å². The van der Waals surface area contributed by atoms with Crippen molar-refractivity contribution in [1.29, 1.82) is 0 Å². The molecular formula is C19H22O12. The molecule has 0 N–H and O–H groups in total. The van der Waals surface area contributed by atoms with Crippen LogP contribution in [0.1, 0.15) is 38.2 Å². The van der Waals surface area contributed by atoms with E-state index in [1.54, 1.807) is 0 Å². The summed E-state index contributed by atoms with van der Waals surface area (Å²) in [4.78, 5) is 58.6. The normalized spacial score (nSPS) is 25.1. The van der Waals surface area contributed by atoms with Gasteiger partial charge in [-0.25, -0.2) is 4.79 Å². The summed E-state index contributed by atoms with van der Waals surface area (Å²) in [5, 5.41) is 0. The molecule has 0 aliphatic carbocycles. The zero-order valence-electron chi connectivity index (χ0n) is 17.2. The zero-order chi connectivity index (χ0) is 23.1. The van der Waals surface area contributed by atoms with Crippen LogP contribution in [-0.4, -0.2) is 67.2 Å². The van der Waals surface area contributed by atoms with Crippen molar-refractivity contribution in [3.63, 3.8) is 0 Å². The van der Waals surface area contributed by atoms with Crippen LogP contribution < -0.4 is 0 Å². The van der Waals surface area contributed by atoms with Gasteiger partial charge < -0.3 is 32.8 Å². The summed E-state index contributed by atoms with van der Waals surface area (Å²) in [5.41, 5.74) is 0. The van der Waals surface area contributed by atoms with E-state index in [0.29, 0.717) is 0 Å². The molecule has 0 radical (unpaired) electrons. The first-order valence-electron chi connectivity index (χ1n) is 9.13. The Morgan fingerprint density at radius 1 is 0.806 bits per heavy atom. The van der Waals surface area contributed by atoms with E-state index < -0.39 is 67.2 Å². The van der Waals surface area contributed by atoms with Crippen LogP contribution in [-0.2, 0) is 47.6 Å². The second-order valence-corrected chi connectivity index (χ2v) is 6.45. The Bertz CT molecular complexity index is 814. The third-order valence-corrected chi connectivity index (χ3v) is 3.89. The molecule has 12 nitrogen and oxygen atoms in total. The van der Waals surface area contributed by atoms with Gasteiger partial charge in [-0.15, -0.1) is 0 Å². The van der Waals surface area contributed by atoms with Gasteiger partial charge >= 0.3 is 29.8 Å². The molecule has 1 fully saturated rings. The van der Waals surface area contributed by atoms with Crippen LogP contribution in [0.4, 0.5) is 0 Å². The molecule has 0 spiro atoms. The van der Waals surface area contributed by atoms with E-state index >= 15 is 0 Å². The van der Waals surface area contributed by atoms with E-state index in [-0.39, 0.29) is 5.76 Å². The molecule has 1 aliphatic rings. The molecule has 0 bridgehead atoms. The number of hydrogen-bond donors (Lipinski definition) is 0. The van der Waals surface area contributed by atoms with E-state index in [1.807, 2.05) is 0 Å². The lowest BCUT2D eigenvalue weighted by molar-refractivity contribution is -0.295. The minimum absolute atomic E-state index is 0.173. The van der Waals surface area contributed by atoms with E-state index in [4.69, 9.17) is 32.8 Å². The maximum absolute atomic E-state index is 12.4. The van der Waals surface area contributed by atoms with Crippen molar-refractivity contribution in [1.82, 2.24) is 0 Å². The Kier molecular flexibility index (Phi) is 8.14. The first-order valence-corrected chi connectivity index (χ1v) is 9.13. The highest BCUT2D eigenvalue weighted by Crippen LogP contribution is 2.30. The highest BCUT2D eigenvalue weighted by Gasteiger charge is 2.53. The van der Waals surface area contributed by atoms with Gasteiger partial charge in [0.05, 0.1) is 6.26 Å². The van der Waals surface area contributed by atoms with Crippen molar-refractivity contribution in [3.05, 3.63) is 24.2 Å². The summed E-state index contributed by atoms with van der Waals surface area (Å²) >= 11 is 0. The van der Waals surface area contributed by atoms with Gasteiger partial charge in [-0.1, -0.05) is 0 Å². The summed E-state index contributed by atoms with van der Waals surface area (Å²) < 4.78 is 36.4. The van der Waals surface area contributed by atoms with Crippen molar-refractivity contribution < 1.29 is 56.8 Å². The molecule has 1 saturated heterocycles. The molecule has 1 aromatic rings. The summed E-state index contributed by atoms with van der Waals surface area (Å²) in [7, 11) is 0. The van der Waals surface area contributed by atoms with Gasteiger partial charge in [-0.05, 0) is 12.1 Å². The number of carbonyl (C=O) groups excluding carboxylic acids is 5. The van der Waals surface area contributed by atoms with Gasteiger partial charge in [0, 0.05) is 27.7 Å². The zero-order valence-corrected chi connectivity index (χ0v) is 17.2. The van der Waals surface area contributed by atoms with Crippen LogP contribution in [0.5, 0.6) is 0 Å². The average molecular weight is 442 g/mol. The van der Waals surface area contributed by atoms with Crippen molar-refractivity contribution in [2.75, 3.05) is 6.61 Å². The van der Waals surface area contributed by atoms with Crippen molar-refractivity contribution in [2.24, 2.45) is 0 Å². The highest BCUT2D eigenvalue weighted by molar-refractivity contribution is 5.86. The van der Waals surface area contributed by atoms with Crippen LogP contribution >= 0.6 is 0 Å². The minimum atomic E-state index is -1.61. The second-order valence-electron chi connectivity index (χ2n) is 6.45. The molecule has 5 atom stereocenters. The van der Waals surface area contributed by atoms with Gasteiger partial charge in [0.1, 0.15) is 12.7 Å². The van der Waals surface area contributed by atoms with Crippen LogP contribution in [0, 0.1) is 0 Å². The number of carbonyl (C=O) groups is 5. The highest BCUT2D eigenvalue weighted by atomic mass is 16.7. The molecule has 2 rings (SSSR count). The van der Waals surface area contributed by atoms with Gasteiger partial charge in [0.25, 0.3) is 0 Å². The van der Waals surface area contributed by atoms with Crippen LogP contribution in [0.2, 0.25) is 0 Å². The molecule has 2 heterocycles. The lowest BCUT2D eigenvalue weighted by Gasteiger charge is -2.43. The number of rotatable bonds is 7. The third kappa shape index (κ3) is 6.81. The standard InChI is InChI=1S/C19H22O12/c1-9(20)26-8-14-15(27-10(2)21)16(28-11(3)22)17(29-12(4)23)19(30-14)31-18(24)13-6-5-7-25-13/h5-7,14-17,19H,8H2,1-4H3/t14-,15-,16+,17+,19+/m1/s1. The topological polar surface area (TPSA) is 154 Å². The second kappa shape index (κ2) is 10.6. The number of furan rings is 1. The fourth-order valence-corrected chi connectivity index (χ4v) is 2.84. The Labute approximate surface area is 176 Å². The molecule has 1 aliphatic heterocycles. The molecule has 0 saturated carbocycles. The fraction of sp³-hybridized carbons (Fsp3) is 0.526. The van der Waals surface area contributed by atoms with Gasteiger partial charge in [0.15, 0.2) is 12.2 Å². The molecule has 0 unspecified atom stereocenters. The molecule has 1 aromatic heterocycles. The molecule has 0 amide bonds. The number of hydrogen-bond acceptors (Lipinski definition) is 12. The average Bonchev–Trinajstić information content (AvgIpc) is 3.18. The SMILES string of the molecule is CC(=O)OC[C@H]1O[C@@H](OC(=O)c2ccco2)[C@@H](OC(C)=O)[C@@H](OC(C)=O)[C@@H]1OC(C)=O. The smallest absolute Gasteiger partial charge is 0.376 e. The first-order chi connectivity index (χ1) is 14.6. The van der Waals surface area contributed by atoms with E-state index in [0.717, 1.165) is 27.7 Å². The van der Waals surface area contributed by atoms with E-state index in [1.165, 1.54) is 18.4 Å². The molecule has 0 aromatic carbocycles. The quantitative estimate of drug-likeness (QED) is 0.427. The molecule has 31 heavy (non-hydrogen) atoms. The molecule has 170 valence electrons. The van der Waals surface area contributed by atoms with Crippen molar-refractivity contribution in [3.8, 4) is 0 Å². The largest absolute Gasteiger partial charge is 0.463 e. The lowest BCUT2D eigenvalue weighted by Crippen LogP contribution is -2.63. The van der Waals surface area contributed by atoms with Crippen LogP contribution in [0.3, 0.4) is 0 Å². The lowest BCUT2D eigenvalue weighted by atomic mass is 9.98. The van der Waals surface area contributed by atoms with Gasteiger partial charge in [0.2, 0.25) is 18.2 Å². The summed E-state index contributed by atoms with van der Waals surface area (Å²) in [6.45, 7) is 3.95. The Morgan fingerprint density at radius 2 is 1.39 bits per heavy atom. The van der Waals surface area contributed by atoms with E-state index in [2.05, 4.69) is 0 Å². The summed E-state index contributed by atoms with van der Waals surface area (Å²) in [6, 6.07) is 2.78. The molecular weight excluding hydrogens is 420 g/mol. The van der Waals surface area contributed by atoms with Crippen molar-refractivity contribution >= 4 is 29.8 Å². The number of ether oxygens (including phenoxy) is 6. The molecule has 12 heteroatoms. The summed E-state index contributed by atoms with van der Waals surface area (Å²) in [5.74, 6) is -4.20. The predicted octanol–water partition coefficient (Wildman–Crippen LogP) is 0.519. The maximum atomic E-state index is 12.4. The summed E-state index contributed by atoms with van der Waals surface area (Å²) in [6.07, 6.45) is -5.88. The fourth-order valence-electron chi connectivity index (χ4n) is 2.84. The van der Waals surface area contributed by atoms with Crippen molar-refractivity contribution in [2.45, 2.75) is 58.4 Å². The number of esters is 5. The van der Waals surface area contributed by atoms with Gasteiger partial charge in [-0.3, -0.25) is 19.2 Å². The Hall–Kier alpha value is -3.41.